The van der Waals surface area contributed by atoms with E-state index in [-0.39, 0.29) is 6.10 Å². The van der Waals surface area contributed by atoms with Crippen molar-refractivity contribution in [3.63, 3.8) is 0 Å². The van der Waals surface area contributed by atoms with Gasteiger partial charge in [0.1, 0.15) is 0 Å². The Labute approximate surface area is 131 Å². The molecule has 3 unspecified atom stereocenters. The highest BCUT2D eigenvalue weighted by Crippen LogP contribution is 2.32. The second-order valence-electron chi connectivity index (χ2n) is 5.96. The Balaban J connectivity index is 1.82. The predicted molar refractivity (Wildman–Crippen MR) is 90.3 cm³/mol. The van der Waals surface area contributed by atoms with Gasteiger partial charge in [0.15, 0.2) is 0 Å². The molecule has 5 N–H and O–H groups in total. The van der Waals surface area contributed by atoms with E-state index in [0.717, 1.165) is 19.3 Å². The number of hydrogen-bond acceptors (Lipinski definition) is 4. The predicted octanol–water partition coefficient (Wildman–Crippen LogP) is 2.28. The second kappa shape index (κ2) is 7.94. The van der Waals surface area contributed by atoms with Gasteiger partial charge < -0.3 is 20.5 Å². The molecule has 0 saturated carbocycles. The van der Waals surface area contributed by atoms with Crippen LogP contribution in [0, 0.1) is 18.8 Å². The summed E-state index contributed by atoms with van der Waals surface area (Å²) in [5.74, 6) is 0.932. The quantitative estimate of drug-likeness (QED) is 0.595. The normalized spacial score (nSPS) is 21.3. The van der Waals surface area contributed by atoms with Gasteiger partial charge in [0.05, 0.1) is 11.0 Å². The van der Waals surface area contributed by atoms with Crippen LogP contribution < -0.4 is 11.1 Å². The molecule has 0 saturated heterocycles. The number of aromatic amines is 1. The van der Waals surface area contributed by atoms with Gasteiger partial charge in [0.2, 0.25) is 0 Å². The van der Waals surface area contributed by atoms with Crippen molar-refractivity contribution in [3.05, 3.63) is 28.8 Å². The van der Waals surface area contributed by atoms with Crippen molar-refractivity contribution in [2.75, 3.05) is 20.1 Å². The third-order valence-corrected chi connectivity index (χ3v) is 5.27. The second-order valence-corrected chi connectivity index (χ2v) is 6.77. The summed E-state index contributed by atoms with van der Waals surface area (Å²) in [5.41, 5.74) is 8.48. The highest BCUT2D eigenvalue weighted by Gasteiger charge is 2.19. The van der Waals surface area contributed by atoms with Crippen LogP contribution in [0.5, 0.6) is 0 Å². The lowest BCUT2D eigenvalue weighted by Gasteiger charge is -2.24. The third-order valence-electron chi connectivity index (χ3n) is 4.11. The van der Waals surface area contributed by atoms with Crippen molar-refractivity contribution >= 4 is 17.1 Å². The molecule has 1 aromatic rings. The Morgan fingerprint density at radius 2 is 2.38 bits per heavy atom. The Hall–Kier alpha value is -0.880. The molecule has 0 bridgehead atoms. The fourth-order valence-electron chi connectivity index (χ4n) is 2.91. The molecule has 21 heavy (non-hydrogen) atoms. The Morgan fingerprint density at radius 1 is 1.57 bits per heavy atom. The maximum absolute atomic E-state index is 9.90. The third kappa shape index (κ3) is 4.54. The lowest BCUT2D eigenvalue weighted by atomic mass is 9.85. The monoisotopic (exact) mass is 309 g/mol. The molecule has 1 heterocycles. The summed E-state index contributed by atoms with van der Waals surface area (Å²) in [4.78, 5) is 1.37. The van der Waals surface area contributed by atoms with Crippen LogP contribution in [0.1, 0.15) is 29.8 Å². The average molecular weight is 309 g/mol. The van der Waals surface area contributed by atoms with Crippen LogP contribution in [-0.2, 0) is 0 Å². The Kier molecular flexibility index (Phi) is 6.23. The number of nitrogens with two attached hydrogens (primary N) is 1. The van der Waals surface area contributed by atoms with Crippen molar-refractivity contribution in [2.24, 2.45) is 17.6 Å². The summed E-state index contributed by atoms with van der Waals surface area (Å²) in [6, 6.07) is 0. The number of rotatable bonds is 8. The van der Waals surface area contributed by atoms with Crippen molar-refractivity contribution in [2.45, 2.75) is 32.3 Å². The summed E-state index contributed by atoms with van der Waals surface area (Å²) >= 11 is 1.70. The summed E-state index contributed by atoms with van der Waals surface area (Å²) in [6.07, 6.45) is 9.48. The van der Waals surface area contributed by atoms with Crippen LogP contribution in [-0.4, -0.2) is 35.7 Å². The number of aliphatic hydroxyl groups is 1. The lowest BCUT2D eigenvalue weighted by Crippen LogP contribution is -2.29. The number of allylic oxidation sites excluding steroid dienone is 4. The molecule has 0 aromatic carbocycles. The molecule has 5 heteroatoms. The van der Waals surface area contributed by atoms with Crippen LogP contribution in [0.15, 0.2) is 18.2 Å². The van der Waals surface area contributed by atoms with Gasteiger partial charge in [-0.3, -0.25) is 0 Å². The van der Waals surface area contributed by atoms with E-state index in [1.165, 1.54) is 16.1 Å². The first-order valence-corrected chi connectivity index (χ1v) is 8.50. The van der Waals surface area contributed by atoms with Gasteiger partial charge in [0, 0.05) is 12.2 Å². The van der Waals surface area contributed by atoms with E-state index in [9.17, 15) is 5.11 Å². The summed E-state index contributed by atoms with van der Waals surface area (Å²) in [7, 11) is 1.86. The van der Waals surface area contributed by atoms with Crippen LogP contribution >= 0.6 is 11.5 Å². The topological polar surface area (TPSA) is 74.1 Å². The zero-order valence-corrected chi connectivity index (χ0v) is 13.7. The number of hydrogen-bond donors (Lipinski definition) is 4. The summed E-state index contributed by atoms with van der Waals surface area (Å²) < 4.78 is 3.21. The van der Waals surface area contributed by atoms with Gasteiger partial charge in [-0.05, 0) is 57.2 Å². The number of aryl methyl sites for hydroxylation is 1. The minimum atomic E-state index is -0.299. The molecule has 0 aliphatic heterocycles. The number of nitrogens with one attached hydrogen (secondary N) is 2. The van der Waals surface area contributed by atoms with Gasteiger partial charge in [-0.1, -0.05) is 29.8 Å². The molecule has 3 atom stereocenters. The average Bonchev–Trinajstić information content (AvgIpc) is 2.47. The van der Waals surface area contributed by atoms with Crippen LogP contribution in [0.4, 0.5) is 0 Å². The first-order chi connectivity index (χ1) is 10.1. The van der Waals surface area contributed by atoms with Crippen LogP contribution in [0.2, 0.25) is 0 Å². The standard InChI is InChI=1S/C16H27N3OS/c1-11-16(21-19-11)14-5-3-12(4-6-14)7-13(9-17)8-15(20)10-18-2/h3,5-6,12-13,15,18-20H,4,7-10,17H2,1-2H3. The van der Waals surface area contributed by atoms with E-state index in [4.69, 9.17) is 5.73 Å². The Bertz CT molecular complexity index is 489. The molecule has 4 nitrogen and oxygen atoms in total. The minimum Gasteiger partial charge on any atom is -0.392 e. The fraction of sp³-hybridized carbons (Fsp3) is 0.625. The van der Waals surface area contributed by atoms with Crippen LogP contribution in [0.3, 0.4) is 0 Å². The number of aromatic nitrogens is 1. The minimum absolute atomic E-state index is 0.299. The van der Waals surface area contributed by atoms with Gasteiger partial charge in [0.25, 0.3) is 0 Å². The molecule has 0 amide bonds. The zero-order chi connectivity index (χ0) is 15.2. The number of H-pyrrole nitrogens is 1. The molecule has 1 aliphatic carbocycles. The zero-order valence-electron chi connectivity index (χ0n) is 12.9. The van der Waals surface area contributed by atoms with Crippen LogP contribution in [0.25, 0.3) is 5.57 Å². The van der Waals surface area contributed by atoms with E-state index in [1.54, 1.807) is 11.5 Å². The van der Waals surface area contributed by atoms with Gasteiger partial charge in [-0.25, -0.2) is 0 Å². The van der Waals surface area contributed by atoms with E-state index < -0.39 is 0 Å². The molecular formula is C16H27N3OS. The molecule has 0 spiro atoms. The number of likely N-dealkylation sites (N-methyl/N-ethyl adjacent to an activating group) is 1. The smallest absolute Gasteiger partial charge is 0.0707 e. The number of aliphatic hydroxyl groups excluding tert-OH is 1. The maximum Gasteiger partial charge on any atom is 0.0707 e. The molecule has 1 aromatic heterocycles. The maximum atomic E-state index is 9.90. The summed E-state index contributed by atoms with van der Waals surface area (Å²) in [6.45, 7) is 3.39. The van der Waals surface area contributed by atoms with Gasteiger partial charge >= 0.3 is 0 Å². The largest absolute Gasteiger partial charge is 0.392 e. The molecular weight excluding hydrogens is 282 g/mol. The molecule has 0 fully saturated rings. The first-order valence-electron chi connectivity index (χ1n) is 7.69. The SMILES string of the molecule is CNCC(O)CC(CN)CC1C=CC(c2s[nH]c2C)=CC1. The highest BCUT2D eigenvalue weighted by atomic mass is 32.1. The fourth-order valence-corrected chi connectivity index (χ4v) is 3.59. The van der Waals surface area contributed by atoms with E-state index in [0.29, 0.717) is 24.9 Å². The molecule has 2 rings (SSSR count). The molecule has 118 valence electrons. The molecule has 1 aliphatic rings. The van der Waals surface area contributed by atoms with Crippen molar-refractivity contribution < 1.29 is 5.11 Å². The van der Waals surface area contributed by atoms with E-state index in [2.05, 4.69) is 34.8 Å². The summed E-state index contributed by atoms with van der Waals surface area (Å²) in [5, 5.41) is 12.9. The first kappa shape index (κ1) is 16.5. The van der Waals surface area contributed by atoms with E-state index in [1.807, 2.05) is 7.05 Å². The van der Waals surface area contributed by atoms with Crippen molar-refractivity contribution in [3.8, 4) is 0 Å². The Morgan fingerprint density at radius 3 is 2.86 bits per heavy atom. The van der Waals surface area contributed by atoms with E-state index >= 15 is 0 Å². The van der Waals surface area contributed by atoms with Gasteiger partial charge in [-0.2, -0.15) is 0 Å². The van der Waals surface area contributed by atoms with Crippen molar-refractivity contribution in [1.82, 2.24) is 9.69 Å². The van der Waals surface area contributed by atoms with Gasteiger partial charge in [-0.15, -0.1) is 0 Å². The lowest BCUT2D eigenvalue weighted by molar-refractivity contribution is 0.138. The molecule has 0 radical (unpaired) electrons. The highest BCUT2D eigenvalue weighted by molar-refractivity contribution is 7.08. The van der Waals surface area contributed by atoms with Crippen molar-refractivity contribution in [1.29, 1.82) is 0 Å².